The fraction of sp³-hybridized carbons (Fsp3) is 0.270. The number of carbonyl (C=O) groups excluding carboxylic acids is 1. The summed E-state index contributed by atoms with van der Waals surface area (Å²) in [6.07, 6.45) is 1.34. The molecule has 1 aliphatic rings. The summed E-state index contributed by atoms with van der Waals surface area (Å²) >= 11 is 5.72. The van der Waals surface area contributed by atoms with Gasteiger partial charge in [0.15, 0.2) is 22.3 Å². The summed E-state index contributed by atoms with van der Waals surface area (Å²) in [6, 6.07) is 1.40. The van der Waals surface area contributed by atoms with Gasteiger partial charge < -0.3 is 53.7 Å². The van der Waals surface area contributed by atoms with Gasteiger partial charge in [-0.1, -0.05) is 68.0 Å². The van der Waals surface area contributed by atoms with Crippen LogP contribution >= 0.6 is 68.0 Å². The number of carbonyl (C=O) groups is 1. The molecule has 0 bridgehead atoms. The highest BCUT2D eigenvalue weighted by Crippen LogP contribution is 2.39. The van der Waals surface area contributed by atoms with E-state index in [-0.39, 0.29) is 63.6 Å². The molecule has 0 fully saturated rings. The maximum absolute atomic E-state index is 11.9. The number of nitrogens with zero attached hydrogens (tertiary/aromatic N) is 6. The SMILES string of the molecule is CC(C)(O)c1sc(=O)sc1-c1cnc2c(=O)[nH]c(N)nc2n1.CC(C)(O)c1sc(=O)sc1-c1cnc2nc(N)[nH]c(=O)c2n1.CC1(C)OC(O)C(=O)c2sc(=O)sc21.Nc1cc(N)c(N)c(=O)[nH]1. The van der Waals surface area contributed by atoms with Crippen LogP contribution in [-0.2, 0) is 21.5 Å². The van der Waals surface area contributed by atoms with Gasteiger partial charge in [0.1, 0.15) is 28.5 Å². The van der Waals surface area contributed by atoms with Gasteiger partial charge in [0.25, 0.3) is 28.8 Å². The molecular weight excluding hydrogens is 1010 g/mol. The maximum Gasteiger partial charge on any atom is 0.288 e. The minimum absolute atomic E-state index is 0.00852. The molecule has 25 nitrogen and oxygen atoms in total. The Hall–Kier alpha value is -6.55. The number of hydrogen-bond acceptors (Lipinski definition) is 28. The van der Waals surface area contributed by atoms with Crippen LogP contribution in [0.3, 0.4) is 0 Å². The minimum Gasteiger partial charge on any atom is -0.397 e. The van der Waals surface area contributed by atoms with Gasteiger partial charge in [-0.15, -0.1) is 0 Å². The molecule has 0 aromatic carbocycles. The Kier molecular flexibility index (Phi) is 14.4. The van der Waals surface area contributed by atoms with Gasteiger partial charge >= 0.3 is 0 Å². The largest absolute Gasteiger partial charge is 0.397 e. The fourth-order valence-electron chi connectivity index (χ4n) is 5.74. The molecule has 1 aliphatic heterocycles. The lowest BCUT2D eigenvalue weighted by molar-refractivity contribution is -0.155. The smallest absolute Gasteiger partial charge is 0.288 e. The molecule has 0 saturated carbocycles. The van der Waals surface area contributed by atoms with Gasteiger partial charge in [-0.05, 0) is 41.5 Å². The standard InChI is InChI=1S/2C12H11N5O3S2.C8H8O4S2.C5H8N4O/c1-12(2,20)7-6(21-11(19)22-7)4-3-14-8-5(15-4)9(18)17-10(13)16-8;1-12(2,20)7-6(21-11(19)22-7)4-3-14-5-8(15-4)16-10(13)17-9(5)18;1-8(2)5-4(13-7(11)14-5)3(9)6(10)12-8;6-2-1-3(7)9-5(10)4(2)8/h3,20H,1-2H3,(H3,13,14,16,17,18);3,20H,1-2H3,(H3,13,15,16,17,18);6,10H,1-2H3;1H,8H2,(H5,6,7,9,10). The van der Waals surface area contributed by atoms with Gasteiger partial charge in [0.05, 0.1) is 58.5 Å². The van der Waals surface area contributed by atoms with E-state index >= 15 is 0 Å². The molecule has 16 N–H and O–H groups in total. The number of ketones is 1. The number of aromatic nitrogens is 9. The van der Waals surface area contributed by atoms with Crippen molar-refractivity contribution in [1.82, 2.24) is 44.9 Å². The predicted molar refractivity (Wildman–Crippen MR) is 263 cm³/mol. The number of nitrogens with two attached hydrogens (primary N) is 5. The third-order valence-corrected chi connectivity index (χ3v) is 16.2. The van der Waals surface area contributed by atoms with Crippen molar-refractivity contribution in [1.29, 1.82) is 0 Å². The molecule has 0 amide bonds. The zero-order valence-electron chi connectivity index (χ0n) is 35.9. The van der Waals surface area contributed by atoms with Crippen LogP contribution in [0.2, 0.25) is 0 Å². The van der Waals surface area contributed by atoms with Crippen molar-refractivity contribution in [3.05, 3.63) is 95.6 Å². The van der Waals surface area contributed by atoms with E-state index in [1.165, 1.54) is 18.5 Å². The molecule has 8 aromatic rings. The number of aromatic amines is 3. The monoisotopic (exact) mass is 1050 g/mol. The van der Waals surface area contributed by atoms with Crippen molar-refractivity contribution < 1.29 is 24.9 Å². The van der Waals surface area contributed by atoms with Gasteiger partial charge in [-0.25, -0.2) is 19.9 Å². The van der Waals surface area contributed by atoms with Crippen LogP contribution in [0.25, 0.3) is 43.5 Å². The second kappa shape index (κ2) is 19.2. The van der Waals surface area contributed by atoms with Gasteiger partial charge in [0, 0.05) is 6.07 Å². The number of aliphatic hydroxyl groups is 3. The number of anilines is 5. The van der Waals surface area contributed by atoms with Crippen molar-refractivity contribution in [2.24, 2.45) is 0 Å². The lowest BCUT2D eigenvalue weighted by Crippen LogP contribution is -2.38. The molecule has 1 unspecified atom stereocenters. The van der Waals surface area contributed by atoms with E-state index in [2.05, 4.69) is 44.9 Å². The summed E-state index contributed by atoms with van der Waals surface area (Å²) < 4.78 is 4.64. The van der Waals surface area contributed by atoms with E-state index in [9.17, 15) is 48.9 Å². The van der Waals surface area contributed by atoms with E-state index in [1.54, 1.807) is 41.5 Å². The first-order chi connectivity index (χ1) is 31.5. The second-order valence-electron chi connectivity index (χ2n) is 15.5. The first-order valence-corrected chi connectivity index (χ1v) is 23.8. The number of hydrogen-bond donors (Lipinski definition) is 11. The molecule has 0 spiro atoms. The number of H-pyrrole nitrogens is 3. The van der Waals surface area contributed by atoms with Crippen molar-refractivity contribution in [2.75, 3.05) is 28.7 Å². The summed E-state index contributed by atoms with van der Waals surface area (Å²) in [5.41, 5.74) is 23.4. The summed E-state index contributed by atoms with van der Waals surface area (Å²) in [4.78, 5) is 115. The van der Waals surface area contributed by atoms with Crippen molar-refractivity contribution >= 4 is 125 Å². The molecule has 8 aromatic heterocycles. The van der Waals surface area contributed by atoms with Crippen molar-refractivity contribution in [3.63, 3.8) is 0 Å². The molecule has 9 heterocycles. The Morgan fingerprint density at radius 3 is 1.65 bits per heavy atom. The third-order valence-electron chi connectivity index (χ3n) is 8.71. The quantitative estimate of drug-likeness (QED) is 0.119. The summed E-state index contributed by atoms with van der Waals surface area (Å²) in [5.74, 6) is -0.401. The molecular formula is C37H38N14O11S6. The third kappa shape index (κ3) is 11.2. The molecule has 0 radical (unpaired) electrons. The molecule has 1 atom stereocenters. The van der Waals surface area contributed by atoms with Crippen molar-refractivity contribution in [3.8, 4) is 21.1 Å². The molecule has 31 heteroatoms. The second-order valence-corrected chi connectivity index (χ2v) is 22.2. The number of Topliss-reactive ketones (excluding diaryl/α,β-unsaturated/α-hetero) is 1. The number of rotatable bonds is 4. The van der Waals surface area contributed by atoms with E-state index in [0.29, 0.717) is 40.7 Å². The topological polar surface area (TPSA) is 444 Å². The number of aliphatic hydroxyl groups excluding tert-OH is 1. The van der Waals surface area contributed by atoms with Gasteiger partial charge in [0.2, 0.25) is 24.0 Å². The van der Waals surface area contributed by atoms with Crippen LogP contribution in [0.1, 0.15) is 65.8 Å². The number of pyridine rings is 1. The molecule has 358 valence electrons. The summed E-state index contributed by atoms with van der Waals surface area (Å²) in [6.45, 7) is 9.79. The van der Waals surface area contributed by atoms with Crippen LogP contribution < -0.4 is 57.5 Å². The van der Waals surface area contributed by atoms with E-state index < -0.39 is 45.6 Å². The van der Waals surface area contributed by atoms with Crippen LogP contribution in [0.4, 0.5) is 29.1 Å². The van der Waals surface area contributed by atoms with Crippen LogP contribution in [0.15, 0.2) is 47.2 Å². The predicted octanol–water partition coefficient (Wildman–Crippen LogP) is 1.40. The lowest BCUT2D eigenvalue weighted by Gasteiger charge is -2.31. The number of nitrogens with one attached hydrogen (secondary N) is 3. The van der Waals surface area contributed by atoms with E-state index in [0.717, 1.165) is 68.0 Å². The summed E-state index contributed by atoms with van der Waals surface area (Å²) in [5, 5.41) is 29.7. The highest BCUT2D eigenvalue weighted by molar-refractivity contribution is 7.30. The highest BCUT2D eigenvalue weighted by atomic mass is 32.2. The molecule has 0 aliphatic carbocycles. The van der Waals surface area contributed by atoms with Crippen LogP contribution in [0.5, 0.6) is 0 Å². The number of nitrogen functional groups attached to an aromatic ring is 5. The van der Waals surface area contributed by atoms with Crippen LogP contribution in [-0.4, -0.2) is 72.2 Å². The van der Waals surface area contributed by atoms with Crippen LogP contribution in [0, 0.1) is 0 Å². The maximum atomic E-state index is 11.9. The normalized spacial score (nSPS) is 14.2. The van der Waals surface area contributed by atoms with E-state index in [4.69, 9.17) is 33.4 Å². The van der Waals surface area contributed by atoms with Gasteiger partial charge in [-0.2, -0.15) is 9.97 Å². The lowest BCUT2D eigenvalue weighted by atomic mass is 10.0. The molecule has 0 saturated heterocycles. The first kappa shape index (κ1) is 50.9. The average molecular weight is 1050 g/mol. The number of ether oxygens (including phenoxy) is 1. The zero-order chi connectivity index (χ0) is 50.4. The van der Waals surface area contributed by atoms with Crippen molar-refractivity contribution in [2.45, 2.75) is 64.6 Å². The Bertz CT molecular complexity index is 3610. The highest BCUT2D eigenvalue weighted by Gasteiger charge is 2.41. The fourth-order valence-corrected chi connectivity index (χ4v) is 12.5. The Labute approximate surface area is 402 Å². The Morgan fingerprint density at radius 2 is 1.10 bits per heavy atom. The zero-order valence-corrected chi connectivity index (χ0v) is 40.8. The van der Waals surface area contributed by atoms with Gasteiger partial charge in [-0.3, -0.25) is 43.5 Å². The molecule has 68 heavy (non-hydrogen) atoms. The van der Waals surface area contributed by atoms with E-state index in [1.807, 2.05) is 0 Å². The Balaban J connectivity index is 0.000000156. The first-order valence-electron chi connectivity index (χ1n) is 18.9. The Morgan fingerprint density at radius 1 is 0.618 bits per heavy atom. The number of fused-ring (bicyclic) bond motifs is 3. The summed E-state index contributed by atoms with van der Waals surface area (Å²) in [7, 11) is 0. The average Bonchev–Trinajstić information content (AvgIpc) is 3.96. The molecule has 9 rings (SSSR count). The minimum atomic E-state index is -1.44.